The third-order valence-corrected chi connectivity index (χ3v) is 5.52. The first-order chi connectivity index (χ1) is 9.99. The number of aromatic carboxylic acids is 1. The smallest absolute Gasteiger partial charge is 0.349 e. The van der Waals surface area contributed by atoms with Crippen LogP contribution in [0.25, 0.3) is 0 Å². The van der Waals surface area contributed by atoms with Gasteiger partial charge in [-0.2, -0.15) is 0 Å². The Kier molecular flexibility index (Phi) is 5.65. The lowest BCUT2D eigenvalue weighted by Gasteiger charge is -2.32. The molecule has 2 heterocycles. The molecule has 1 aliphatic rings. The van der Waals surface area contributed by atoms with E-state index in [2.05, 4.69) is 25.8 Å². The van der Waals surface area contributed by atoms with Gasteiger partial charge in [0.25, 0.3) is 0 Å². The standard InChI is InChI=1S/C16H25NO3S/c1-11(2)14-10-13(15(21-14)16(18)19)20-9-7-12-6-4-5-8-17(12)3/h10-12H,4-9H2,1-3H3,(H,18,19). The molecular formula is C16H25NO3S. The molecule has 1 fully saturated rings. The van der Waals surface area contributed by atoms with E-state index in [9.17, 15) is 9.90 Å². The molecule has 1 atom stereocenters. The monoisotopic (exact) mass is 311 g/mol. The number of hydrogen-bond acceptors (Lipinski definition) is 4. The highest BCUT2D eigenvalue weighted by Crippen LogP contribution is 2.34. The number of thiophene rings is 1. The summed E-state index contributed by atoms with van der Waals surface area (Å²) in [6, 6.07) is 2.46. The zero-order valence-electron chi connectivity index (χ0n) is 13.1. The highest BCUT2D eigenvalue weighted by Gasteiger charge is 2.21. The lowest BCUT2D eigenvalue weighted by molar-refractivity contribution is 0.0697. The van der Waals surface area contributed by atoms with Crippen molar-refractivity contribution in [2.45, 2.75) is 51.5 Å². The van der Waals surface area contributed by atoms with Crippen LogP contribution in [0.15, 0.2) is 6.07 Å². The fourth-order valence-corrected chi connectivity index (χ4v) is 3.69. The van der Waals surface area contributed by atoms with Crippen molar-refractivity contribution in [1.82, 2.24) is 4.90 Å². The minimum Gasteiger partial charge on any atom is -0.492 e. The Bertz CT molecular complexity index is 484. The lowest BCUT2D eigenvalue weighted by Crippen LogP contribution is -2.37. The number of hydrogen-bond donors (Lipinski definition) is 1. The van der Waals surface area contributed by atoms with Crippen LogP contribution in [0.2, 0.25) is 0 Å². The van der Waals surface area contributed by atoms with Crippen LogP contribution in [0, 0.1) is 0 Å². The second-order valence-corrected chi connectivity index (χ2v) is 7.15. The van der Waals surface area contributed by atoms with E-state index in [0.717, 1.165) is 17.8 Å². The molecule has 1 N–H and O–H groups in total. The van der Waals surface area contributed by atoms with E-state index < -0.39 is 5.97 Å². The molecule has 1 aromatic rings. The SMILES string of the molecule is CC(C)c1cc(OCCC2CCCCN2C)c(C(=O)O)s1. The molecule has 0 saturated carbocycles. The molecule has 0 aliphatic carbocycles. The summed E-state index contributed by atoms with van der Waals surface area (Å²) in [6.07, 6.45) is 4.74. The van der Waals surface area contributed by atoms with Gasteiger partial charge < -0.3 is 14.7 Å². The van der Waals surface area contributed by atoms with E-state index in [1.807, 2.05) is 6.07 Å². The predicted molar refractivity (Wildman–Crippen MR) is 85.7 cm³/mol. The first kappa shape index (κ1) is 16.3. The van der Waals surface area contributed by atoms with E-state index in [1.165, 1.54) is 30.6 Å². The van der Waals surface area contributed by atoms with Crippen LogP contribution in [0.4, 0.5) is 0 Å². The maximum absolute atomic E-state index is 11.3. The molecule has 0 amide bonds. The van der Waals surface area contributed by atoms with Gasteiger partial charge in [0.05, 0.1) is 6.61 Å². The number of carbonyl (C=O) groups is 1. The zero-order chi connectivity index (χ0) is 15.4. The Morgan fingerprint density at radius 2 is 2.29 bits per heavy atom. The highest BCUT2D eigenvalue weighted by molar-refractivity contribution is 7.14. The summed E-state index contributed by atoms with van der Waals surface area (Å²) in [4.78, 5) is 15.1. The fraction of sp³-hybridized carbons (Fsp3) is 0.688. The Morgan fingerprint density at radius 3 is 2.90 bits per heavy atom. The summed E-state index contributed by atoms with van der Waals surface area (Å²) in [5.74, 6) is -0.0266. The van der Waals surface area contributed by atoms with E-state index in [1.54, 1.807) is 0 Å². The van der Waals surface area contributed by atoms with Crippen molar-refractivity contribution in [3.63, 3.8) is 0 Å². The maximum Gasteiger partial charge on any atom is 0.349 e. The second kappa shape index (κ2) is 7.27. The Labute approximate surface area is 130 Å². The molecule has 0 aromatic carbocycles. The van der Waals surface area contributed by atoms with Crippen LogP contribution in [-0.4, -0.2) is 42.2 Å². The van der Waals surface area contributed by atoms with E-state index in [4.69, 9.17) is 4.74 Å². The molecule has 0 bridgehead atoms. The number of piperidine rings is 1. The van der Waals surface area contributed by atoms with E-state index >= 15 is 0 Å². The molecular weight excluding hydrogens is 286 g/mol. The van der Waals surface area contributed by atoms with Crippen molar-refractivity contribution in [2.75, 3.05) is 20.2 Å². The number of ether oxygens (including phenoxy) is 1. The van der Waals surface area contributed by atoms with Crippen LogP contribution in [0.3, 0.4) is 0 Å². The van der Waals surface area contributed by atoms with Crippen molar-refractivity contribution in [3.8, 4) is 5.75 Å². The van der Waals surface area contributed by atoms with Gasteiger partial charge in [0.2, 0.25) is 0 Å². The van der Waals surface area contributed by atoms with Crippen molar-refractivity contribution >= 4 is 17.3 Å². The molecule has 4 nitrogen and oxygen atoms in total. The van der Waals surface area contributed by atoms with Gasteiger partial charge in [-0.1, -0.05) is 20.3 Å². The molecule has 118 valence electrons. The number of likely N-dealkylation sites (tertiary alicyclic amines) is 1. The van der Waals surface area contributed by atoms with Gasteiger partial charge in [0, 0.05) is 10.9 Å². The Morgan fingerprint density at radius 1 is 1.52 bits per heavy atom. The summed E-state index contributed by atoms with van der Waals surface area (Å²) in [7, 11) is 2.16. The van der Waals surface area contributed by atoms with Gasteiger partial charge in [-0.3, -0.25) is 0 Å². The lowest BCUT2D eigenvalue weighted by atomic mass is 10.0. The van der Waals surface area contributed by atoms with Crippen molar-refractivity contribution < 1.29 is 14.6 Å². The van der Waals surface area contributed by atoms with Crippen LogP contribution in [-0.2, 0) is 0 Å². The Balaban J connectivity index is 1.94. The molecule has 2 rings (SSSR count). The van der Waals surface area contributed by atoms with Crippen molar-refractivity contribution in [1.29, 1.82) is 0 Å². The zero-order valence-corrected chi connectivity index (χ0v) is 13.9. The number of rotatable bonds is 6. The number of carboxylic acids is 1. The predicted octanol–water partition coefficient (Wildman–Crippen LogP) is 3.82. The third kappa shape index (κ3) is 4.20. The quantitative estimate of drug-likeness (QED) is 0.867. The second-order valence-electron chi connectivity index (χ2n) is 6.07. The van der Waals surface area contributed by atoms with Gasteiger partial charge >= 0.3 is 5.97 Å². The van der Waals surface area contributed by atoms with E-state index in [-0.39, 0.29) is 0 Å². The van der Waals surface area contributed by atoms with Gasteiger partial charge in [-0.15, -0.1) is 11.3 Å². The van der Waals surface area contributed by atoms with Crippen molar-refractivity contribution in [2.24, 2.45) is 0 Å². The maximum atomic E-state index is 11.3. The Hall–Kier alpha value is -1.07. The molecule has 5 heteroatoms. The summed E-state index contributed by atoms with van der Waals surface area (Å²) < 4.78 is 5.78. The van der Waals surface area contributed by atoms with E-state index in [0.29, 0.717) is 29.2 Å². The minimum atomic E-state index is -0.892. The van der Waals surface area contributed by atoms with Gasteiger partial charge in [0.15, 0.2) is 4.88 Å². The normalized spacial score (nSPS) is 19.9. The molecule has 0 radical (unpaired) electrons. The summed E-state index contributed by atoms with van der Waals surface area (Å²) in [5, 5.41) is 9.27. The van der Waals surface area contributed by atoms with Crippen molar-refractivity contribution in [3.05, 3.63) is 15.8 Å². The largest absolute Gasteiger partial charge is 0.492 e. The summed E-state index contributed by atoms with van der Waals surface area (Å²) >= 11 is 1.33. The van der Waals surface area contributed by atoms with Crippen LogP contribution < -0.4 is 4.74 Å². The van der Waals surface area contributed by atoms with Crippen LogP contribution >= 0.6 is 11.3 Å². The third-order valence-electron chi connectivity index (χ3n) is 4.11. The topological polar surface area (TPSA) is 49.8 Å². The fourth-order valence-electron chi connectivity index (χ4n) is 2.75. The summed E-state index contributed by atoms with van der Waals surface area (Å²) in [5.41, 5.74) is 0. The molecule has 1 unspecified atom stereocenters. The summed E-state index contributed by atoms with van der Waals surface area (Å²) in [6.45, 7) is 5.88. The first-order valence-electron chi connectivity index (χ1n) is 7.69. The molecule has 21 heavy (non-hydrogen) atoms. The van der Waals surface area contributed by atoms with Crippen LogP contribution in [0.1, 0.15) is 60.0 Å². The average Bonchev–Trinajstić information content (AvgIpc) is 2.85. The molecule has 1 aliphatic heterocycles. The van der Waals surface area contributed by atoms with Crippen LogP contribution in [0.5, 0.6) is 5.75 Å². The first-order valence-corrected chi connectivity index (χ1v) is 8.50. The van der Waals surface area contributed by atoms with Gasteiger partial charge in [-0.25, -0.2) is 4.79 Å². The van der Waals surface area contributed by atoms with Gasteiger partial charge in [0.1, 0.15) is 5.75 Å². The number of nitrogens with zero attached hydrogens (tertiary/aromatic N) is 1. The highest BCUT2D eigenvalue weighted by atomic mass is 32.1. The number of carboxylic acid groups (broad SMARTS) is 1. The average molecular weight is 311 g/mol. The molecule has 1 saturated heterocycles. The minimum absolute atomic E-state index is 0.329. The molecule has 0 spiro atoms. The van der Waals surface area contributed by atoms with Gasteiger partial charge in [-0.05, 0) is 44.8 Å². The molecule has 1 aromatic heterocycles.